The van der Waals surface area contributed by atoms with E-state index in [0.29, 0.717) is 5.69 Å². The van der Waals surface area contributed by atoms with E-state index in [0.717, 1.165) is 19.6 Å². The third kappa shape index (κ3) is 1.63. The zero-order chi connectivity index (χ0) is 9.97. The van der Waals surface area contributed by atoms with Crippen LogP contribution in [-0.2, 0) is 0 Å². The Bertz CT molecular complexity index is 309. The first-order chi connectivity index (χ1) is 6.79. The first-order valence-corrected chi connectivity index (χ1v) is 4.79. The van der Waals surface area contributed by atoms with E-state index in [9.17, 15) is 4.79 Å². The Balaban J connectivity index is 2.10. The summed E-state index contributed by atoms with van der Waals surface area (Å²) in [5.41, 5.74) is 0.568. The van der Waals surface area contributed by atoms with Crippen molar-refractivity contribution in [3.8, 4) is 0 Å². The Kier molecular flexibility index (Phi) is 2.49. The maximum Gasteiger partial charge on any atom is 0.272 e. The fourth-order valence-electron chi connectivity index (χ4n) is 1.67. The smallest absolute Gasteiger partial charge is 0.272 e. The second kappa shape index (κ2) is 3.79. The summed E-state index contributed by atoms with van der Waals surface area (Å²) in [6.45, 7) is 4.53. The van der Waals surface area contributed by atoms with E-state index in [-0.39, 0.29) is 11.9 Å². The molecule has 0 saturated carbocycles. The maximum absolute atomic E-state index is 11.9. The molecule has 1 atom stereocenters. The van der Waals surface area contributed by atoms with Crippen LogP contribution in [0.25, 0.3) is 0 Å². The maximum atomic E-state index is 11.9. The van der Waals surface area contributed by atoms with Crippen molar-refractivity contribution in [3.63, 3.8) is 0 Å². The van der Waals surface area contributed by atoms with Gasteiger partial charge in [-0.2, -0.15) is 0 Å². The molecule has 0 bridgehead atoms. The van der Waals surface area contributed by atoms with Crippen molar-refractivity contribution in [2.75, 3.05) is 19.6 Å². The molecule has 1 aromatic rings. The van der Waals surface area contributed by atoms with E-state index >= 15 is 0 Å². The second-order valence-electron chi connectivity index (χ2n) is 3.52. The number of carbonyl (C=O) groups is 1. The number of rotatable bonds is 1. The molecule has 1 amide bonds. The zero-order valence-electron chi connectivity index (χ0n) is 8.16. The summed E-state index contributed by atoms with van der Waals surface area (Å²) in [5.74, 6) is 0.0384. The number of hydrogen-bond donors (Lipinski definition) is 2. The second-order valence-corrected chi connectivity index (χ2v) is 3.52. The molecule has 0 aromatic carbocycles. The van der Waals surface area contributed by atoms with Crippen molar-refractivity contribution < 1.29 is 4.79 Å². The quantitative estimate of drug-likeness (QED) is 0.653. The molecule has 76 valence electrons. The first-order valence-electron chi connectivity index (χ1n) is 4.79. The molecule has 0 aliphatic carbocycles. The summed E-state index contributed by atoms with van der Waals surface area (Å²) >= 11 is 0. The number of amides is 1. The Hall–Kier alpha value is -1.36. The average Bonchev–Trinajstić information content (AvgIpc) is 2.70. The van der Waals surface area contributed by atoms with Crippen LogP contribution in [0.5, 0.6) is 0 Å². The average molecular weight is 194 g/mol. The highest BCUT2D eigenvalue weighted by atomic mass is 16.2. The van der Waals surface area contributed by atoms with E-state index in [1.54, 1.807) is 6.20 Å². The molecule has 0 spiro atoms. The largest absolute Gasteiger partial charge is 0.341 e. The number of aromatic amines is 1. The normalized spacial score (nSPS) is 22.4. The summed E-state index contributed by atoms with van der Waals surface area (Å²) in [6.07, 6.45) is 3.09. The standard InChI is InChI=1S/C9H14N4O/c1-7-4-10-2-3-13(7)9(14)8-5-11-6-12-8/h5-7,10H,2-4H2,1H3,(H,11,12)/t7-/m1/s1. The van der Waals surface area contributed by atoms with Crippen molar-refractivity contribution in [2.45, 2.75) is 13.0 Å². The summed E-state index contributed by atoms with van der Waals surface area (Å²) < 4.78 is 0. The lowest BCUT2D eigenvalue weighted by Gasteiger charge is -2.33. The molecule has 1 aromatic heterocycles. The van der Waals surface area contributed by atoms with Crippen LogP contribution in [0.1, 0.15) is 17.4 Å². The SMILES string of the molecule is C[C@@H]1CNCCN1C(=O)c1cnc[nH]1. The van der Waals surface area contributed by atoms with E-state index in [2.05, 4.69) is 15.3 Å². The van der Waals surface area contributed by atoms with Crippen molar-refractivity contribution >= 4 is 5.91 Å². The molecule has 1 saturated heterocycles. The predicted octanol–water partition coefficient (Wildman–Crippen LogP) is -0.156. The van der Waals surface area contributed by atoms with Gasteiger partial charge >= 0.3 is 0 Å². The monoisotopic (exact) mass is 194 g/mol. The third-order valence-electron chi connectivity index (χ3n) is 2.49. The summed E-state index contributed by atoms with van der Waals surface area (Å²) in [5, 5.41) is 3.24. The molecule has 1 fully saturated rings. The van der Waals surface area contributed by atoms with Crippen molar-refractivity contribution in [1.29, 1.82) is 0 Å². The van der Waals surface area contributed by atoms with Crippen LogP contribution in [0, 0.1) is 0 Å². The van der Waals surface area contributed by atoms with Gasteiger partial charge in [0, 0.05) is 25.7 Å². The minimum Gasteiger partial charge on any atom is -0.341 e. The van der Waals surface area contributed by atoms with Crippen molar-refractivity contribution in [2.24, 2.45) is 0 Å². The zero-order valence-corrected chi connectivity index (χ0v) is 8.16. The van der Waals surface area contributed by atoms with Gasteiger partial charge in [0.2, 0.25) is 0 Å². The minimum absolute atomic E-state index is 0.0384. The number of H-pyrrole nitrogens is 1. The lowest BCUT2D eigenvalue weighted by molar-refractivity contribution is 0.0650. The molecule has 5 nitrogen and oxygen atoms in total. The molecular formula is C9H14N4O. The van der Waals surface area contributed by atoms with Crippen LogP contribution in [0.3, 0.4) is 0 Å². The van der Waals surface area contributed by atoms with Gasteiger partial charge in [-0.25, -0.2) is 4.98 Å². The molecule has 2 N–H and O–H groups in total. The number of piperazine rings is 1. The molecular weight excluding hydrogens is 180 g/mol. The van der Waals surface area contributed by atoms with Gasteiger partial charge in [-0.05, 0) is 6.92 Å². The van der Waals surface area contributed by atoms with Crippen LogP contribution in [-0.4, -0.2) is 46.5 Å². The highest BCUT2D eigenvalue weighted by Crippen LogP contribution is 2.07. The lowest BCUT2D eigenvalue weighted by atomic mass is 10.2. The topological polar surface area (TPSA) is 61.0 Å². The molecule has 0 unspecified atom stereocenters. The summed E-state index contributed by atoms with van der Waals surface area (Å²) in [4.78, 5) is 20.4. The number of nitrogens with one attached hydrogen (secondary N) is 2. The fraction of sp³-hybridized carbons (Fsp3) is 0.556. The number of hydrogen-bond acceptors (Lipinski definition) is 3. The number of nitrogens with zero attached hydrogens (tertiary/aromatic N) is 2. The van der Waals surface area contributed by atoms with E-state index < -0.39 is 0 Å². The van der Waals surface area contributed by atoms with Crippen LogP contribution < -0.4 is 5.32 Å². The van der Waals surface area contributed by atoms with Gasteiger partial charge in [0.05, 0.1) is 12.5 Å². The molecule has 1 aliphatic rings. The number of imidazole rings is 1. The summed E-state index contributed by atoms with van der Waals surface area (Å²) in [6, 6.07) is 0.250. The predicted molar refractivity (Wildman–Crippen MR) is 52.0 cm³/mol. The number of aromatic nitrogens is 2. The Morgan fingerprint density at radius 2 is 2.57 bits per heavy atom. The molecule has 2 rings (SSSR count). The van der Waals surface area contributed by atoms with Crippen LogP contribution >= 0.6 is 0 Å². The Labute approximate surface area is 82.5 Å². The summed E-state index contributed by atoms with van der Waals surface area (Å²) in [7, 11) is 0. The van der Waals surface area contributed by atoms with Gasteiger partial charge in [-0.1, -0.05) is 0 Å². The number of carbonyl (C=O) groups excluding carboxylic acids is 1. The van der Waals surface area contributed by atoms with Gasteiger partial charge in [-0.15, -0.1) is 0 Å². The van der Waals surface area contributed by atoms with Gasteiger partial charge in [-0.3, -0.25) is 4.79 Å². The van der Waals surface area contributed by atoms with Crippen molar-refractivity contribution in [1.82, 2.24) is 20.2 Å². The van der Waals surface area contributed by atoms with Crippen LogP contribution in [0.2, 0.25) is 0 Å². The van der Waals surface area contributed by atoms with Gasteiger partial charge in [0.15, 0.2) is 0 Å². The molecule has 2 heterocycles. The Morgan fingerprint density at radius 1 is 1.71 bits per heavy atom. The Morgan fingerprint density at radius 3 is 3.21 bits per heavy atom. The molecule has 14 heavy (non-hydrogen) atoms. The van der Waals surface area contributed by atoms with Crippen molar-refractivity contribution in [3.05, 3.63) is 18.2 Å². The van der Waals surface area contributed by atoms with Gasteiger partial charge in [0.25, 0.3) is 5.91 Å². The fourth-order valence-corrected chi connectivity index (χ4v) is 1.67. The van der Waals surface area contributed by atoms with Gasteiger partial charge < -0.3 is 15.2 Å². The highest BCUT2D eigenvalue weighted by molar-refractivity contribution is 5.92. The molecule has 0 radical (unpaired) electrons. The lowest BCUT2D eigenvalue weighted by Crippen LogP contribution is -2.52. The van der Waals surface area contributed by atoms with E-state index in [4.69, 9.17) is 0 Å². The minimum atomic E-state index is 0.0384. The van der Waals surface area contributed by atoms with Crippen LogP contribution in [0.15, 0.2) is 12.5 Å². The molecule has 5 heteroatoms. The van der Waals surface area contributed by atoms with E-state index in [1.165, 1.54) is 6.33 Å². The first kappa shape index (κ1) is 9.21. The highest BCUT2D eigenvalue weighted by Gasteiger charge is 2.24. The third-order valence-corrected chi connectivity index (χ3v) is 2.49. The van der Waals surface area contributed by atoms with Crippen LogP contribution in [0.4, 0.5) is 0 Å². The van der Waals surface area contributed by atoms with Gasteiger partial charge in [0.1, 0.15) is 5.69 Å². The van der Waals surface area contributed by atoms with E-state index in [1.807, 2.05) is 11.8 Å². The molecule has 1 aliphatic heterocycles.